The second kappa shape index (κ2) is 5.45. The molecule has 0 saturated carbocycles. The van der Waals surface area contributed by atoms with Gasteiger partial charge in [-0.25, -0.2) is 4.79 Å². The Kier molecular flexibility index (Phi) is 3.90. The molecule has 0 aliphatic heterocycles. The topological polar surface area (TPSA) is 40.5 Å². The molecule has 0 aliphatic rings. The summed E-state index contributed by atoms with van der Waals surface area (Å²) in [6.45, 7) is 2.05. The number of aryl methyl sites for hydroxylation is 1. The van der Waals surface area contributed by atoms with E-state index < -0.39 is 5.97 Å². The largest absolute Gasteiger partial charge is 0.478 e. The van der Waals surface area contributed by atoms with Crippen molar-refractivity contribution in [3.8, 4) is 0 Å². The summed E-state index contributed by atoms with van der Waals surface area (Å²) in [6.07, 6.45) is 0. The van der Waals surface area contributed by atoms with Gasteiger partial charge in [0.05, 0.1) is 5.56 Å². The summed E-state index contributed by atoms with van der Waals surface area (Å²) >= 11 is 3.46. The zero-order valence-corrected chi connectivity index (χ0v) is 12.3. The summed E-state index contributed by atoms with van der Waals surface area (Å²) in [4.78, 5) is 12.9. The van der Waals surface area contributed by atoms with Gasteiger partial charge in [0.1, 0.15) is 0 Å². The van der Waals surface area contributed by atoms with Gasteiger partial charge in [0, 0.05) is 22.9 Å². The summed E-state index contributed by atoms with van der Waals surface area (Å²) in [5, 5.41) is 8.89. The van der Waals surface area contributed by atoms with Crippen molar-refractivity contribution in [1.82, 2.24) is 0 Å². The fraction of sp³-hybridized carbons (Fsp3) is 0.133. The SMILES string of the molecule is Cc1ccc(Br)cc1N(C)c1ccc(C(=O)O)cc1. The molecule has 1 N–H and O–H groups in total. The first kappa shape index (κ1) is 13.6. The summed E-state index contributed by atoms with van der Waals surface area (Å²) in [5.74, 6) is -0.909. The molecule has 2 aromatic rings. The second-order valence-electron chi connectivity index (χ2n) is 4.34. The highest BCUT2D eigenvalue weighted by molar-refractivity contribution is 9.10. The van der Waals surface area contributed by atoms with Crippen LogP contribution in [-0.4, -0.2) is 18.1 Å². The van der Waals surface area contributed by atoms with Crippen LogP contribution in [0.5, 0.6) is 0 Å². The highest BCUT2D eigenvalue weighted by Gasteiger charge is 2.09. The van der Waals surface area contributed by atoms with E-state index >= 15 is 0 Å². The number of rotatable bonds is 3. The number of hydrogen-bond donors (Lipinski definition) is 1. The van der Waals surface area contributed by atoms with E-state index in [0.29, 0.717) is 5.56 Å². The van der Waals surface area contributed by atoms with Gasteiger partial charge < -0.3 is 10.0 Å². The van der Waals surface area contributed by atoms with Crippen molar-refractivity contribution in [2.75, 3.05) is 11.9 Å². The lowest BCUT2D eigenvalue weighted by Crippen LogP contribution is -2.11. The first-order valence-corrected chi connectivity index (χ1v) is 6.61. The monoisotopic (exact) mass is 319 g/mol. The average Bonchev–Trinajstić information content (AvgIpc) is 2.41. The lowest BCUT2D eigenvalue weighted by atomic mass is 10.1. The van der Waals surface area contributed by atoms with Crippen molar-refractivity contribution in [2.24, 2.45) is 0 Å². The maximum absolute atomic E-state index is 10.8. The minimum absolute atomic E-state index is 0.295. The molecular weight excluding hydrogens is 306 g/mol. The third-order valence-electron chi connectivity index (χ3n) is 3.03. The fourth-order valence-corrected chi connectivity index (χ4v) is 2.26. The Labute approximate surface area is 120 Å². The molecule has 98 valence electrons. The van der Waals surface area contributed by atoms with Crippen LogP contribution in [0.15, 0.2) is 46.9 Å². The Balaban J connectivity index is 2.35. The highest BCUT2D eigenvalue weighted by atomic mass is 79.9. The smallest absolute Gasteiger partial charge is 0.335 e. The second-order valence-corrected chi connectivity index (χ2v) is 5.26. The van der Waals surface area contributed by atoms with Crippen LogP contribution in [0.25, 0.3) is 0 Å². The van der Waals surface area contributed by atoms with Gasteiger partial charge in [-0.3, -0.25) is 0 Å². The highest BCUT2D eigenvalue weighted by Crippen LogP contribution is 2.29. The molecule has 4 heteroatoms. The quantitative estimate of drug-likeness (QED) is 0.920. The van der Waals surface area contributed by atoms with E-state index in [1.165, 1.54) is 0 Å². The molecule has 3 nitrogen and oxygen atoms in total. The van der Waals surface area contributed by atoms with E-state index in [-0.39, 0.29) is 0 Å². The number of benzene rings is 2. The summed E-state index contributed by atoms with van der Waals surface area (Å²) in [7, 11) is 1.96. The minimum atomic E-state index is -0.909. The molecule has 0 saturated heterocycles. The molecule has 0 amide bonds. The molecule has 0 spiro atoms. The van der Waals surface area contributed by atoms with Gasteiger partial charge in [-0.05, 0) is 48.9 Å². The Morgan fingerprint density at radius 2 is 1.79 bits per heavy atom. The third-order valence-corrected chi connectivity index (χ3v) is 3.53. The van der Waals surface area contributed by atoms with Crippen LogP contribution >= 0.6 is 15.9 Å². The van der Waals surface area contributed by atoms with Gasteiger partial charge in [-0.15, -0.1) is 0 Å². The molecule has 0 atom stereocenters. The van der Waals surface area contributed by atoms with Crippen LogP contribution in [0.1, 0.15) is 15.9 Å². The summed E-state index contributed by atoms with van der Waals surface area (Å²) < 4.78 is 1.02. The van der Waals surface area contributed by atoms with Gasteiger partial charge in [-0.2, -0.15) is 0 Å². The standard InChI is InChI=1S/C15H14BrNO2/c1-10-3-6-12(16)9-14(10)17(2)13-7-4-11(5-8-13)15(18)19/h3-9H,1-2H3,(H,18,19). The maximum atomic E-state index is 10.8. The van der Waals surface area contributed by atoms with Crippen molar-refractivity contribution >= 4 is 33.3 Å². The summed E-state index contributed by atoms with van der Waals surface area (Å²) in [5.41, 5.74) is 3.49. The van der Waals surface area contributed by atoms with Crippen LogP contribution in [0.3, 0.4) is 0 Å². The number of nitrogens with zero attached hydrogens (tertiary/aromatic N) is 1. The van der Waals surface area contributed by atoms with Crippen LogP contribution < -0.4 is 4.90 Å². The predicted octanol–water partition coefficient (Wildman–Crippen LogP) is 4.22. The van der Waals surface area contributed by atoms with Crippen LogP contribution in [0, 0.1) is 6.92 Å². The molecule has 2 aromatic carbocycles. The minimum Gasteiger partial charge on any atom is -0.478 e. The molecule has 0 fully saturated rings. The van der Waals surface area contributed by atoms with Crippen LogP contribution in [0.4, 0.5) is 11.4 Å². The Morgan fingerprint density at radius 3 is 2.37 bits per heavy atom. The normalized spacial score (nSPS) is 10.3. The average molecular weight is 320 g/mol. The Hall–Kier alpha value is -1.81. The van der Waals surface area contributed by atoms with Crippen LogP contribution in [0.2, 0.25) is 0 Å². The molecule has 2 rings (SSSR count). The van der Waals surface area contributed by atoms with Gasteiger partial charge in [0.15, 0.2) is 0 Å². The van der Waals surface area contributed by atoms with E-state index in [9.17, 15) is 4.79 Å². The number of halogens is 1. The van der Waals surface area contributed by atoms with Crippen LogP contribution in [-0.2, 0) is 0 Å². The fourth-order valence-electron chi connectivity index (χ4n) is 1.91. The molecule has 0 unspecified atom stereocenters. The zero-order valence-electron chi connectivity index (χ0n) is 10.7. The first-order chi connectivity index (χ1) is 8.99. The van der Waals surface area contributed by atoms with Crippen molar-refractivity contribution in [3.63, 3.8) is 0 Å². The van der Waals surface area contributed by atoms with Crippen molar-refractivity contribution in [2.45, 2.75) is 6.92 Å². The van der Waals surface area contributed by atoms with E-state index in [1.807, 2.05) is 49.2 Å². The lowest BCUT2D eigenvalue weighted by molar-refractivity contribution is 0.0697. The number of carboxylic acids is 1. The summed E-state index contributed by atoms with van der Waals surface area (Å²) in [6, 6.07) is 12.9. The molecule has 0 aliphatic carbocycles. The number of hydrogen-bond acceptors (Lipinski definition) is 2. The molecule has 0 bridgehead atoms. The van der Waals surface area contributed by atoms with Crippen molar-refractivity contribution in [1.29, 1.82) is 0 Å². The predicted molar refractivity (Wildman–Crippen MR) is 80.3 cm³/mol. The van der Waals surface area contributed by atoms with Gasteiger partial charge in [0.25, 0.3) is 0 Å². The zero-order chi connectivity index (χ0) is 14.0. The maximum Gasteiger partial charge on any atom is 0.335 e. The molecule has 19 heavy (non-hydrogen) atoms. The van der Waals surface area contributed by atoms with Crippen molar-refractivity contribution in [3.05, 3.63) is 58.1 Å². The van der Waals surface area contributed by atoms with E-state index in [0.717, 1.165) is 21.4 Å². The Morgan fingerprint density at radius 1 is 1.16 bits per heavy atom. The number of carbonyl (C=O) groups is 1. The first-order valence-electron chi connectivity index (χ1n) is 5.82. The molecular formula is C15H14BrNO2. The lowest BCUT2D eigenvalue weighted by Gasteiger charge is -2.22. The van der Waals surface area contributed by atoms with Crippen molar-refractivity contribution < 1.29 is 9.90 Å². The Bertz CT molecular complexity index is 608. The van der Waals surface area contributed by atoms with Gasteiger partial charge in [0.2, 0.25) is 0 Å². The van der Waals surface area contributed by atoms with Gasteiger partial charge >= 0.3 is 5.97 Å². The van der Waals surface area contributed by atoms with E-state index in [1.54, 1.807) is 12.1 Å². The van der Waals surface area contributed by atoms with E-state index in [4.69, 9.17) is 5.11 Å². The molecule has 0 radical (unpaired) electrons. The van der Waals surface area contributed by atoms with Gasteiger partial charge in [-0.1, -0.05) is 22.0 Å². The molecule has 0 aromatic heterocycles. The molecule has 0 heterocycles. The number of aromatic carboxylic acids is 1. The number of carboxylic acid groups (broad SMARTS) is 1. The number of anilines is 2. The third kappa shape index (κ3) is 2.96. The van der Waals surface area contributed by atoms with E-state index in [2.05, 4.69) is 15.9 Å².